The predicted molar refractivity (Wildman–Crippen MR) is 112 cm³/mol. The van der Waals surface area contributed by atoms with E-state index in [9.17, 15) is 4.79 Å². The number of hydrogen-bond donors (Lipinski definition) is 0. The van der Waals surface area contributed by atoms with E-state index in [0.717, 1.165) is 30.4 Å². The van der Waals surface area contributed by atoms with Gasteiger partial charge in [-0.15, -0.1) is 0 Å². The normalized spacial score (nSPS) is 19.7. The molecule has 144 valence electrons. The summed E-state index contributed by atoms with van der Waals surface area (Å²) in [6, 6.07) is 0. The van der Waals surface area contributed by atoms with Crippen molar-refractivity contribution in [2.45, 2.75) is 66.7 Å². The Morgan fingerprint density at radius 1 is 1.38 bits per heavy atom. The van der Waals surface area contributed by atoms with Gasteiger partial charge in [-0.05, 0) is 47.8 Å². The first-order valence-corrected chi connectivity index (χ1v) is 9.93. The van der Waals surface area contributed by atoms with Crippen LogP contribution in [0.5, 0.6) is 0 Å². The Hall–Kier alpha value is -1.83. The lowest BCUT2D eigenvalue weighted by Crippen LogP contribution is -2.13. The van der Waals surface area contributed by atoms with E-state index in [0.29, 0.717) is 12.5 Å². The summed E-state index contributed by atoms with van der Waals surface area (Å²) in [5.41, 5.74) is 3.35. The van der Waals surface area contributed by atoms with Gasteiger partial charge >= 0.3 is 5.97 Å². The highest BCUT2D eigenvalue weighted by molar-refractivity contribution is 5.84. The largest absolute Gasteiger partial charge is 0.462 e. The fourth-order valence-corrected chi connectivity index (χ4v) is 3.36. The van der Waals surface area contributed by atoms with Crippen LogP contribution in [0.3, 0.4) is 0 Å². The van der Waals surface area contributed by atoms with Crippen LogP contribution in [-0.2, 0) is 9.53 Å². The summed E-state index contributed by atoms with van der Waals surface area (Å²) in [6.45, 7) is 15.2. The fraction of sp³-hybridized carbons (Fsp3) is 0.542. The number of unbranched alkanes of at least 4 members (excludes halogenated alkanes) is 1. The van der Waals surface area contributed by atoms with Crippen molar-refractivity contribution in [2.24, 2.45) is 11.3 Å². The summed E-state index contributed by atoms with van der Waals surface area (Å²) in [6.07, 6.45) is 17.2. The van der Waals surface area contributed by atoms with Gasteiger partial charge < -0.3 is 4.74 Å². The third kappa shape index (κ3) is 6.82. The van der Waals surface area contributed by atoms with Crippen LogP contribution in [0.4, 0.5) is 0 Å². The molecule has 0 aromatic rings. The molecule has 0 radical (unpaired) electrons. The molecule has 1 rings (SSSR count). The molecule has 1 unspecified atom stereocenters. The zero-order chi connectivity index (χ0) is 19.6. The molecule has 0 amide bonds. The van der Waals surface area contributed by atoms with Gasteiger partial charge in [-0.1, -0.05) is 83.9 Å². The van der Waals surface area contributed by atoms with E-state index in [2.05, 4.69) is 46.4 Å². The third-order valence-corrected chi connectivity index (χ3v) is 5.01. The van der Waals surface area contributed by atoms with Gasteiger partial charge in [-0.2, -0.15) is 0 Å². The minimum atomic E-state index is -0.221. The highest BCUT2D eigenvalue weighted by Gasteiger charge is 2.31. The van der Waals surface area contributed by atoms with Crippen molar-refractivity contribution in [3.8, 4) is 0 Å². The second-order valence-electron chi connectivity index (χ2n) is 7.74. The molecule has 0 saturated carbocycles. The maximum Gasteiger partial charge on any atom is 0.331 e. The molecule has 0 aliphatic heterocycles. The first-order valence-electron chi connectivity index (χ1n) is 9.93. The fourth-order valence-electron chi connectivity index (χ4n) is 3.36. The number of allylic oxidation sites excluding steroid dienone is 8. The molecule has 0 heterocycles. The number of esters is 1. The van der Waals surface area contributed by atoms with E-state index in [1.807, 2.05) is 25.2 Å². The van der Waals surface area contributed by atoms with Gasteiger partial charge in [0.25, 0.3) is 0 Å². The molecule has 2 heteroatoms. The number of hydrogen-bond acceptors (Lipinski definition) is 2. The smallest absolute Gasteiger partial charge is 0.331 e. The van der Waals surface area contributed by atoms with Crippen molar-refractivity contribution in [1.29, 1.82) is 0 Å². The van der Waals surface area contributed by atoms with Crippen LogP contribution in [0.25, 0.3) is 0 Å². The van der Waals surface area contributed by atoms with Crippen LogP contribution in [0.15, 0.2) is 59.8 Å². The van der Waals surface area contributed by atoms with Crippen LogP contribution in [-0.4, -0.2) is 12.6 Å². The summed E-state index contributed by atoms with van der Waals surface area (Å²) in [5.74, 6) is 0.250. The second-order valence-corrected chi connectivity index (χ2v) is 7.74. The Balaban J connectivity index is 2.82. The molecule has 0 aromatic heterocycles. The molecule has 1 atom stereocenters. The number of carbonyl (C=O) groups excluding carboxylic acids is 1. The Kier molecular flexibility index (Phi) is 9.40. The Morgan fingerprint density at radius 3 is 2.69 bits per heavy atom. The minimum Gasteiger partial charge on any atom is -0.462 e. The monoisotopic (exact) mass is 356 g/mol. The van der Waals surface area contributed by atoms with Crippen molar-refractivity contribution >= 4 is 5.97 Å². The molecule has 1 aliphatic carbocycles. The van der Waals surface area contributed by atoms with Gasteiger partial charge in [-0.25, -0.2) is 4.79 Å². The van der Waals surface area contributed by atoms with E-state index in [4.69, 9.17) is 4.74 Å². The third-order valence-electron chi connectivity index (χ3n) is 5.01. The van der Waals surface area contributed by atoms with Crippen LogP contribution < -0.4 is 0 Å². The zero-order valence-corrected chi connectivity index (χ0v) is 17.3. The van der Waals surface area contributed by atoms with Crippen LogP contribution in [0.2, 0.25) is 0 Å². The number of ether oxygens (including phenoxy) is 1. The molecule has 0 bridgehead atoms. The van der Waals surface area contributed by atoms with Gasteiger partial charge in [0.05, 0.1) is 6.61 Å². The first-order chi connectivity index (χ1) is 12.4. The first kappa shape index (κ1) is 22.2. The average molecular weight is 357 g/mol. The lowest BCUT2D eigenvalue weighted by molar-refractivity contribution is -0.139. The van der Waals surface area contributed by atoms with E-state index in [-0.39, 0.29) is 11.4 Å². The van der Waals surface area contributed by atoms with Gasteiger partial charge in [0.1, 0.15) is 0 Å². The molecule has 26 heavy (non-hydrogen) atoms. The maximum atomic E-state index is 12.2. The summed E-state index contributed by atoms with van der Waals surface area (Å²) in [5, 5.41) is 0. The molecule has 1 aliphatic rings. The maximum absolute atomic E-state index is 12.2. The molecule has 0 aromatic carbocycles. The molecule has 0 fully saturated rings. The standard InChI is InChI=1S/C24H36O2/c1-7-11-13-19(9-3)18-26-23(25)16-20-15-22(24(5,6)17-20)21(10-4)14-12-8-2/h8,10,12,14-16,19H,4,7,9,11,13,17-18H2,1-3,5-6H3/b12-8-,20-16-,21-14+. The molecule has 2 nitrogen and oxygen atoms in total. The van der Waals surface area contributed by atoms with Crippen molar-refractivity contribution < 1.29 is 9.53 Å². The summed E-state index contributed by atoms with van der Waals surface area (Å²) < 4.78 is 5.52. The quantitative estimate of drug-likeness (QED) is 0.247. The lowest BCUT2D eigenvalue weighted by atomic mass is 9.81. The molecular formula is C24H36O2. The van der Waals surface area contributed by atoms with E-state index in [1.54, 1.807) is 6.08 Å². The van der Waals surface area contributed by atoms with Crippen molar-refractivity contribution in [1.82, 2.24) is 0 Å². The summed E-state index contributed by atoms with van der Waals surface area (Å²) in [7, 11) is 0. The van der Waals surface area contributed by atoms with Crippen molar-refractivity contribution in [2.75, 3.05) is 6.61 Å². The second kappa shape index (κ2) is 11.0. The minimum absolute atomic E-state index is 0.0131. The topological polar surface area (TPSA) is 26.3 Å². The van der Waals surface area contributed by atoms with Gasteiger partial charge in [0.2, 0.25) is 0 Å². The molecular weight excluding hydrogens is 320 g/mol. The van der Waals surface area contributed by atoms with E-state index in [1.165, 1.54) is 18.4 Å². The number of carbonyl (C=O) groups is 1. The molecule has 0 saturated heterocycles. The van der Waals surface area contributed by atoms with Gasteiger partial charge in [0.15, 0.2) is 0 Å². The van der Waals surface area contributed by atoms with Gasteiger partial charge in [0, 0.05) is 6.08 Å². The van der Waals surface area contributed by atoms with Crippen LogP contribution >= 0.6 is 0 Å². The summed E-state index contributed by atoms with van der Waals surface area (Å²) >= 11 is 0. The van der Waals surface area contributed by atoms with Crippen molar-refractivity contribution in [3.05, 3.63) is 59.8 Å². The Morgan fingerprint density at radius 2 is 2.12 bits per heavy atom. The number of rotatable bonds is 10. The SMILES string of the molecule is C=C/C(=C\C=C/C)C1=C/C(=C/C(=O)OCC(CC)CCCC)CC1(C)C. The molecule has 0 spiro atoms. The predicted octanol–water partition coefficient (Wildman–Crippen LogP) is 6.72. The zero-order valence-electron chi connectivity index (χ0n) is 17.3. The van der Waals surface area contributed by atoms with Crippen molar-refractivity contribution in [3.63, 3.8) is 0 Å². The summed E-state index contributed by atoms with van der Waals surface area (Å²) in [4.78, 5) is 12.2. The Labute approximate surface area is 160 Å². The highest BCUT2D eigenvalue weighted by Crippen LogP contribution is 2.44. The van der Waals surface area contributed by atoms with Crippen LogP contribution in [0.1, 0.15) is 66.7 Å². The highest BCUT2D eigenvalue weighted by atomic mass is 16.5. The van der Waals surface area contributed by atoms with E-state index >= 15 is 0 Å². The lowest BCUT2D eigenvalue weighted by Gasteiger charge is -2.23. The van der Waals surface area contributed by atoms with Crippen LogP contribution in [0, 0.1) is 11.3 Å². The van der Waals surface area contributed by atoms with Gasteiger partial charge in [-0.3, -0.25) is 0 Å². The molecule has 0 N–H and O–H groups in total. The average Bonchev–Trinajstić information content (AvgIpc) is 2.90. The van der Waals surface area contributed by atoms with E-state index < -0.39 is 0 Å². The Bertz CT molecular complexity index is 600.